The summed E-state index contributed by atoms with van der Waals surface area (Å²) in [5.74, 6) is -0.429. The largest absolute Gasteiger partial charge is 0.277 e. The molecule has 0 saturated heterocycles. The number of rotatable bonds is 2. The molecule has 0 heterocycles. The number of ketones is 1. The van der Waals surface area contributed by atoms with Crippen molar-refractivity contribution in [3.8, 4) is 6.07 Å². The van der Waals surface area contributed by atoms with E-state index in [1.54, 1.807) is 0 Å². The van der Waals surface area contributed by atoms with Crippen LogP contribution in [0, 0.1) is 17.2 Å². The van der Waals surface area contributed by atoms with Gasteiger partial charge in [-0.3, -0.25) is 4.79 Å². The van der Waals surface area contributed by atoms with Gasteiger partial charge in [0, 0.05) is 5.57 Å². The number of nitrogens with zero attached hydrogens (tertiary/aromatic N) is 1. The Labute approximate surface area is 54.8 Å². The molecule has 0 aliphatic rings. The van der Waals surface area contributed by atoms with Gasteiger partial charge in [-0.2, -0.15) is 5.26 Å². The van der Waals surface area contributed by atoms with E-state index in [0.29, 0.717) is 5.57 Å². The minimum Gasteiger partial charge on any atom is -0.277 e. The van der Waals surface area contributed by atoms with Crippen molar-refractivity contribution < 1.29 is 4.79 Å². The molecule has 48 valence electrons. The Bertz CT molecular complexity index is 174. The molecule has 0 bridgehead atoms. The molecule has 0 aliphatic heterocycles. The van der Waals surface area contributed by atoms with Crippen molar-refractivity contribution in [1.29, 1.82) is 5.26 Å². The Morgan fingerprint density at radius 3 is 2.22 bits per heavy atom. The van der Waals surface area contributed by atoms with E-state index in [4.69, 9.17) is 5.26 Å². The molecular formula is C7H9NO. The van der Waals surface area contributed by atoms with Crippen LogP contribution >= 0.6 is 0 Å². The third-order valence-corrected chi connectivity index (χ3v) is 1.09. The van der Waals surface area contributed by atoms with Crippen LogP contribution in [0.2, 0.25) is 0 Å². The maximum atomic E-state index is 10.5. The van der Waals surface area contributed by atoms with E-state index < -0.39 is 5.78 Å². The molecule has 0 aromatic carbocycles. The van der Waals surface area contributed by atoms with E-state index >= 15 is 0 Å². The second-order valence-corrected chi connectivity index (χ2v) is 2.12. The van der Waals surface area contributed by atoms with Gasteiger partial charge < -0.3 is 0 Å². The van der Waals surface area contributed by atoms with Crippen LogP contribution in [-0.2, 0) is 4.79 Å². The molecule has 0 aromatic rings. The topological polar surface area (TPSA) is 40.9 Å². The Morgan fingerprint density at radius 1 is 1.67 bits per heavy atom. The van der Waals surface area contributed by atoms with E-state index in [9.17, 15) is 4.79 Å². The van der Waals surface area contributed by atoms with Gasteiger partial charge in [-0.15, -0.1) is 0 Å². The van der Waals surface area contributed by atoms with Crippen LogP contribution in [0.1, 0.15) is 13.8 Å². The first-order valence-corrected chi connectivity index (χ1v) is 2.72. The summed E-state index contributed by atoms with van der Waals surface area (Å²) in [6.45, 7) is 7.11. The fraction of sp³-hybridized carbons (Fsp3) is 0.429. The lowest BCUT2D eigenvalue weighted by Crippen LogP contribution is -2.03. The van der Waals surface area contributed by atoms with Crippen LogP contribution in [0.4, 0.5) is 0 Å². The number of allylic oxidation sites excluding steroid dienone is 1. The molecule has 0 N–H and O–H groups in total. The second kappa shape index (κ2) is 3.03. The van der Waals surface area contributed by atoms with Crippen LogP contribution in [0.15, 0.2) is 12.2 Å². The van der Waals surface area contributed by atoms with Crippen LogP contribution in [0.3, 0.4) is 0 Å². The molecule has 0 spiro atoms. The molecule has 0 amide bonds. The lowest BCUT2D eigenvalue weighted by atomic mass is 10.0. The number of nitriles is 1. The van der Waals surface area contributed by atoms with Gasteiger partial charge >= 0.3 is 0 Å². The number of carbonyl (C=O) groups excluding carboxylic acids is 1. The summed E-state index contributed by atoms with van der Waals surface area (Å²) >= 11 is 0. The van der Waals surface area contributed by atoms with Crippen molar-refractivity contribution in [3.63, 3.8) is 0 Å². The zero-order chi connectivity index (χ0) is 7.44. The number of hydrogen-bond donors (Lipinski definition) is 0. The van der Waals surface area contributed by atoms with Crippen molar-refractivity contribution in [2.45, 2.75) is 13.8 Å². The predicted molar refractivity (Wildman–Crippen MR) is 34.6 cm³/mol. The van der Waals surface area contributed by atoms with Crippen molar-refractivity contribution >= 4 is 5.78 Å². The Kier molecular flexibility index (Phi) is 2.66. The van der Waals surface area contributed by atoms with E-state index in [1.165, 1.54) is 6.07 Å². The van der Waals surface area contributed by atoms with Gasteiger partial charge in [-0.25, -0.2) is 0 Å². The second-order valence-electron chi connectivity index (χ2n) is 2.12. The predicted octanol–water partition coefficient (Wildman–Crippen LogP) is 1.29. The normalized spacial score (nSPS) is 8.67. The van der Waals surface area contributed by atoms with Gasteiger partial charge in [-0.1, -0.05) is 20.4 Å². The molecule has 0 rings (SSSR count). The first kappa shape index (κ1) is 7.90. The average Bonchev–Trinajstić information content (AvgIpc) is 1.84. The highest BCUT2D eigenvalue weighted by Gasteiger charge is 2.07. The first-order chi connectivity index (χ1) is 4.09. The van der Waals surface area contributed by atoms with Gasteiger partial charge in [0.05, 0.1) is 0 Å². The Morgan fingerprint density at radius 2 is 2.11 bits per heavy atom. The molecule has 0 fully saturated rings. The van der Waals surface area contributed by atoms with Gasteiger partial charge in [0.2, 0.25) is 0 Å². The molecule has 0 atom stereocenters. The van der Waals surface area contributed by atoms with Gasteiger partial charge in [0.25, 0.3) is 5.78 Å². The molecule has 0 radical (unpaired) electrons. The van der Waals surface area contributed by atoms with Crippen LogP contribution < -0.4 is 0 Å². The molecule has 0 aromatic heterocycles. The number of hydrogen-bond acceptors (Lipinski definition) is 2. The molecular weight excluding hydrogens is 114 g/mol. The maximum absolute atomic E-state index is 10.5. The van der Waals surface area contributed by atoms with Crippen molar-refractivity contribution in [1.82, 2.24) is 0 Å². The van der Waals surface area contributed by atoms with Gasteiger partial charge in [0.15, 0.2) is 0 Å². The maximum Gasteiger partial charge on any atom is 0.257 e. The summed E-state index contributed by atoms with van der Waals surface area (Å²) in [7, 11) is 0. The Balaban J connectivity index is 4.10. The fourth-order valence-electron chi connectivity index (χ4n) is 0.334. The third-order valence-electron chi connectivity index (χ3n) is 1.09. The zero-order valence-electron chi connectivity index (χ0n) is 5.64. The van der Waals surface area contributed by atoms with Gasteiger partial charge in [0.1, 0.15) is 6.07 Å². The summed E-state index contributed by atoms with van der Waals surface area (Å²) in [6.07, 6.45) is 0. The molecule has 0 aliphatic carbocycles. The van der Waals surface area contributed by atoms with E-state index in [-0.39, 0.29) is 5.92 Å². The van der Waals surface area contributed by atoms with E-state index in [0.717, 1.165) is 0 Å². The Hall–Kier alpha value is -1.10. The minimum absolute atomic E-state index is 0.0807. The number of carbonyl (C=O) groups is 1. The average molecular weight is 123 g/mol. The quantitative estimate of drug-likeness (QED) is 0.410. The fourth-order valence-corrected chi connectivity index (χ4v) is 0.334. The highest BCUT2D eigenvalue weighted by molar-refractivity contribution is 6.06. The lowest BCUT2D eigenvalue weighted by Gasteiger charge is -2.00. The van der Waals surface area contributed by atoms with Crippen molar-refractivity contribution in [2.24, 2.45) is 5.92 Å². The molecule has 0 unspecified atom stereocenters. The van der Waals surface area contributed by atoms with Crippen molar-refractivity contribution in [2.75, 3.05) is 0 Å². The number of Topliss-reactive ketones (excluding diaryl/α,β-unsaturated/α-hetero) is 1. The lowest BCUT2D eigenvalue weighted by molar-refractivity contribution is -0.111. The molecule has 2 heteroatoms. The molecule has 9 heavy (non-hydrogen) atoms. The SMILES string of the molecule is C=C(C(=O)C#N)C(C)C. The summed E-state index contributed by atoms with van der Waals surface area (Å²) < 4.78 is 0. The summed E-state index contributed by atoms with van der Waals surface area (Å²) in [6, 6.07) is 1.51. The van der Waals surface area contributed by atoms with Crippen LogP contribution in [0.25, 0.3) is 0 Å². The minimum atomic E-state index is -0.509. The zero-order valence-corrected chi connectivity index (χ0v) is 5.64. The first-order valence-electron chi connectivity index (χ1n) is 2.72. The molecule has 2 nitrogen and oxygen atoms in total. The third kappa shape index (κ3) is 2.09. The monoisotopic (exact) mass is 123 g/mol. The molecule has 0 saturated carbocycles. The van der Waals surface area contributed by atoms with Crippen LogP contribution in [0.5, 0.6) is 0 Å². The van der Waals surface area contributed by atoms with E-state index in [2.05, 4.69) is 6.58 Å². The summed E-state index contributed by atoms with van der Waals surface area (Å²) in [4.78, 5) is 10.5. The highest BCUT2D eigenvalue weighted by Crippen LogP contribution is 2.06. The smallest absolute Gasteiger partial charge is 0.257 e. The van der Waals surface area contributed by atoms with Crippen molar-refractivity contribution in [3.05, 3.63) is 12.2 Å². The summed E-state index contributed by atoms with van der Waals surface area (Å²) in [5, 5.41) is 8.09. The van der Waals surface area contributed by atoms with E-state index in [1.807, 2.05) is 13.8 Å². The highest BCUT2D eigenvalue weighted by atomic mass is 16.1. The summed E-state index contributed by atoms with van der Waals surface area (Å²) in [5.41, 5.74) is 0.387. The van der Waals surface area contributed by atoms with Gasteiger partial charge in [-0.05, 0) is 5.92 Å². The van der Waals surface area contributed by atoms with Crippen LogP contribution in [-0.4, -0.2) is 5.78 Å². The standard InChI is InChI=1S/C7H9NO/c1-5(2)6(3)7(9)4-8/h5H,3H2,1-2H3.